The zero-order chi connectivity index (χ0) is 18.2. The molecule has 5 nitrogen and oxygen atoms in total. The summed E-state index contributed by atoms with van der Waals surface area (Å²) in [6.07, 6.45) is 0.0309. The number of anilines is 1. The molecule has 130 valence electrons. The Kier molecular flexibility index (Phi) is 6.28. The average Bonchev–Trinajstić information content (AvgIpc) is 2.60. The quantitative estimate of drug-likeness (QED) is 0.678. The molecule has 0 aliphatic rings. The van der Waals surface area contributed by atoms with E-state index >= 15 is 0 Å². The van der Waals surface area contributed by atoms with Gasteiger partial charge in [0.15, 0.2) is 0 Å². The standard InChI is InChI=1S/C19H20FN3O2/c1-13-3-5-15(6-4-13)14(2)22-23-19(25)12-11-18(24)21-17-9-7-16(20)8-10-17/h3-10,22H,2,11-12H2,1H3,(H,21,24)(H,23,25). The van der Waals surface area contributed by atoms with Gasteiger partial charge in [0.1, 0.15) is 5.82 Å². The maximum atomic E-state index is 12.8. The average molecular weight is 341 g/mol. The number of rotatable bonds is 7. The Balaban J connectivity index is 1.71. The van der Waals surface area contributed by atoms with Crippen LogP contribution < -0.4 is 16.2 Å². The smallest absolute Gasteiger partial charge is 0.238 e. The number of amides is 2. The monoisotopic (exact) mass is 341 g/mol. The Bertz CT molecular complexity index is 755. The van der Waals surface area contributed by atoms with Gasteiger partial charge < -0.3 is 5.32 Å². The Labute approximate surface area is 145 Å². The fourth-order valence-corrected chi connectivity index (χ4v) is 2.02. The van der Waals surface area contributed by atoms with Crippen molar-refractivity contribution < 1.29 is 14.0 Å². The van der Waals surface area contributed by atoms with Gasteiger partial charge in [-0.2, -0.15) is 0 Å². The molecule has 0 aromatic heterocycles. The number of carbonyl (C=O) groups excluding carboxylic acids is 2. The van der Waals surface area contributed by atoms with Crippen molar-refractivity contribution in [1.29, 1.82) is 0 Å². The molecule has 2 rings (SSSR count). The second kappa shape index (κ2) is 8.63. The molecule has 2 aromatic carbocycles. The number of nitrogens with one attached hydrogen (secondary N) is 3. The van der Waals surface area contributed by atoms with Crippen molar-refractivity contribution in [3.05, 3.63) is 72.1 Å². The molecular weight excluding hydrogens is 321 g/mol. The molecule has 0 atom stereocenters. The fraction of sp³-hybridized carbons (Fsp3) is 0.158. The Morgan fingerprint density at radius 3 is 2.16 bits per heavy atom. The topological polar surface area (TPSA) is 70.2 Å². The molecule has 0 saturated heterocycles. The molecule has 6 heteroatoms. The summed E-state index contributed by atoms with van der Waals surface area (Å²) in [5.41, 5.74) is 8.27. The van der Waals surface area contributed by atoms with Gasteiger partial charge >= 0.3 is 0 Å². The second-order valence-electron chi connectivity index (χ2n) is 5.57. The minimum Gasteiger partial charge on any atom is -0.326 e. The van der Waals surface area contributed by atoms with Crippen LogP contribution in [0.2, 0.25) is 0 Å². The van der Waals surface area contributed by atoms with Crippen LogP contribution in [0.5, 0.6) is 0 Å². The summed E-state index contributed by atoms with van der Waals surface area (Å²) in [6, 6.07) is 13.1. The second-order valence-corrected chi connectivity index (χ2v) is 5.57. The fourth-order valence-electron chi connectivity index (χ4n) is 2.02. The molecule has 0 saturated carbocycles. The van der Waals surface area contributed by atoms with Gasteiger partial charge in [0.05, 0.1) is 5.70 Å². The first kappa shape index (κ1) is 18.2. The normalized spacial score (nSPS) is 10.0. The molecule has 0 aliphatic carbocycles. The zero-order valence-electron chi connectivity index (χ0n) is 13.9. The van der Waals surface area contributed by atoms with Crippen molar-refractivity contribution in [2.24, 2.45) is 0 Å². The van der Waals surface area contributed by atoms with E-state index in [2.05, 4.69) is 22.7 Å². The summed E-state index contributed by atoms with van der Waals surface area (Å²) in [4.78, 5) is 23.6. The molecule has 0 unspecified atom stereocenters. The Morgan fingerprint density at radius 2 is 1.52 bits per heavy atom. The molecule has 0 fully saturated rings. The van der Waals surface area contributed by atoms with Crippen LogP contribution in [0.1, 0.15) is 24.0 Å². The number of halogens is 1. The van der Waals surface area contributed by atoms with E-state index in [0.717, 1.165) is 11.1 Å². The van der Waals surface area contributed by atoms with Crippen LogP contribution in [-0.4, -0.2) is 11.8 Å². The van der Waals surface area contributed by atoms with Crippen molar-refractivity contribution in [2.75, 3.05) is 5.32 Å². The summed E-state index contributed by atoms with van der Waals surface area (Å²) >= 11 is 0. The van der Waals surface area contributed by atoms with Crippen molar-refractivity contribution in [1.82, 2.24) is 10.9 Å². The number of benzene rings is 2. The third-order valence-corrected chi connectivity index (χ3v) is 3.46. The van der Waals surface area contributed by atoms with Crippen LogP contribution in [0.15, 0.2) is 55.1 Å². The zero-order valence-corrected chi connectivity index (χ0v) is 13.9. The van der Waals surface area contributed by atoms with Gasteiger partial charge in [-0.1, -0.05) is 36.4 Å². The highest BCUT2D eigenvalue weighted by molar-refractivity contribution is 5.93. The number of carbonyl (C=O) groups is 2. The van der Waals surface area contributed by atoms with Crippen molar-refractivity contribution in [3.8, 4) is 0 Å². The van der Waals surface area contributed by atoms with Crippen LogP contribution in [0, 0.1) is 12.7 Å². The lowest BCUT2D eigenvalue weighted by Crippen LogP contribution is -2.36. The number of hydrogen-bond acceptors (Lipinski definition) is 3. The van der Waals surface area contributed by atoms with E-state index in [1.165, 1.54) is 24.3 Å². The molecule has 0 heterocycles. The van der Waals surface area contributed by atoms with Crippen LogP contribution in [0.25, 0.3) is 5.70 Å². The van der Waals surface area contributed by atoms with Gasteiger partial charge in [-0.25, -0.2) is 4.39 Å². The maximum absolute atomic E-state index is 12.8. The summed E-state index contributed by atoms with van der Waals surface area (Å²) < 4.78 is 12.8. The minimum absolute atomic E-state index is 0.0151. The van der Waals surface area contributed by atoms with Crippen LogP contribution in [-0.2, 0) is 9.59 Å². The summed E-state index contributed by atoms with van der Waals surface area (Å²) in [6.45, 7) is 5.83. The molecule has 0 bridgehead atoms. The van der Waals surface area contributed by atoms with Crippen LogP contribution >= 0.6 is 0 Å². The van der Waals surface area contributed by atoms with Gasteiger partial charge in [-0.3, -0.25) is 20.4 Å². The highest BCUT2D eigenvalue weighted by atomic mass is 19.1. The predicted octanol–water partition coefficient (Wildman–Crippen LogP) is 3.14. The highest BCUT2D eigenvalue weighted by Crippen LogP contribution is 2.10. The van der Waals surface area contributed by atoms with E-state index in [1.54, 1.807) is 0 Å². The Hall–Kier alpha value is -3.15. The van der Waals surface area contributed by atoms with E-state index in [4.69, 9.17) is 0 Å². The first-order valence-electron chi connectivity index (χ1n) is 7.80. The van der Waals surface area contributed by atoms with Gasteiger partial charge in [0, 0.05) is 18.5 Å². The predicted molar refractivity (Wildman–Crippen MR) is 95.8 cm³/mol. The maximum Gasteiger partial charge on any atom is 0.238 e. The molecule has 0 radical (unpaired) electrons. The molecule has 0 spiro atoms. The summed E-state index contributed by atoms with van der Waals surface area (Å²) in [5, 5.41) is 2.60. The lowest BCUT2D eigenvalue weighted by atomic mass is 10.1. The summed E-state index contributed by atoms with van der Waals surface area (Å²) in [5.74, 6) is -1.03. The molecule has 3 N–H and O–H groups in total. The lowest BCUT2D eigenvalue weighted by Gasteiger charge is -2.11. The van der Waals surface area contributed by atoms with Crippen LogP contribution in [0.3, 0.4) is 0 Å². The molecule has 2 amide bonds. The van der Waals surface area contributed by atoms with E-state index in [1.807, 2.05) is 31.2 Å². The molecule has 25 heavy (non-hydrogen) atoms. The van der Waals surface area contributed by atoms with Crippen LogP contribution in [0.4, 0.5) is 10.1 Å². The van der Waals surface area contributed by atoms with Crippen molar-refractivity contribution in [3.63, 3.8) is 0 Å². The molecule has 2 aromatic rings. The minimum atomic E-state index is -0.378. The number of aryl methyl sites for hydroxylation is 1. The molecule has 0 aliphatic heterocycles. The van der Waals surface area contributed by atoms with Gasteiger partial charge in [-0.15, -0.1) is 0 Å². The number of hydrazine groups is 1. The van der Waals surface area contributed by atoms with Gasteiger partial charge in [0.2, 0.25) is 11.8 Å². The first-order chi connectivity index (χ1) is 11.9. The van der Waals surface area contributed by atoms with E-state index in [-0.39, 0.29) is 30.5 Å². The highest BCUT2D eigenvalue weighted by Gasteiger charge is 2.08. The van der Waals surface area contributed by atoms with Crippen molar-refractivity contribution in [2.45, 2.75) is 19.8 Å². The van der Waals surface area contributed by atoms with E-state index in [0.29, 0.717) is 11.4 Å². The Morgan fingerprint density at radius 1 is 0.920 bits per heavy atom. The van der Waals surface area contributed by atoms with E-state index < -0.39 is 0 Å². The SMILES string of the molecule is C=C(NNC(=O)CCC(=O)Nc1ccc(F)cc1)c1ccc(C)cc1. The van der Waals surface area contributed by atoms with E-state index in [9.17, 15) is 14.0 Å². The third kappa shape index (κ3) is 6.10. The molecular formula is C19H20FN3O2. The van der Waals surface area contributed by atoms with Gasteiger partial charge in [-0.05, 0) is 36.8 Å². The summed E-state index contributed by atoms with van der Waals surface area (Å²) in [7, 11) is 0. The van der Waals surface area contributed by atoms with Gasteiger partial charge in [0.25, 0.3) is 0 Å². The largest absolute Gasteiger partial charge is 0.326 e. The first-order valence-corrected chi connectivity index (χ1v) is 7.80. The number of hydrogen-bond donors (Lipinski definition) is 3. The lowest BCUT2D eigenvalue weighted by molar-refractivity contribution is -0.124. The third-order valence-electron chi connectivity index (χ3n) is 3.46. The van der Waals surface area contributed by atoms with Crippen molar-refractivity contribution >= 4 is 23.2 Å².